The van der Waals surface area contributed by atoms with Gasteiger partial charge in [-0.3, -0.25) is 19.3 Å². The topological polar surface area (TPSA) is 194 Å². The van der Waals surface area contributed by atoms with Gasteiger partial charge in [-0.2, -0.15) is 0 Å². The number of benzene rings is 1. The lowest BCUT2D eigenvalue weighted by Gasteiger charge is -2.50. The molecule has 1 fully saturated rings. The predicted octanol–water partition coefficient (Wildman–Crippen LogP) is 1.01. The summed E-state index contributed by atoms with van der Waals surface area (Å²) in [5.41, 5.74) is 2.96. The third kappa shape index (κ3) is 4.47. The lowest BCUT2D eigenvalue weighted by Crippen LogP contribution is -2.65. The van der Waals surface area contributed by atoms with E-state index >= 15 is 0 Å². The van der Waals surface area contributed by atoms with Gasteiger partial charge in [-0.25, -0.2) is 4.79 Å². The minimum Gasteiger partial charge on any atom is -0.508 e. The first kappa shape index (κ1) is 30.8. The highest BCUT2D eigenvalue weighted by molar-refractivity contribution is 6.24. The van der Waals surface area contributed by atoms with Crippen molar-refractivity contribution < 1.29 is 44.3 Å². The number of phenols is 1. The van der Waals surface area contributed by atoms with E-state index in [0.717, 1.165) is 0 Å². The number of nitrogens with two attached hydrogens (primary N) is 1. The first-order chi connectivity index (χ1) is 19.6. The summed E-state index contributed by atoms with van der Waals surface area (Å²) in [6, 6.07) is 0.546. The number of hydrogen-bond donors (Lipinski definition) is 5. The van der Waals surface area contributed by atoms with Crippen molar-refractivity contribution in [2.45, 2.75) is 44.9 Å². The first-order valence-electron chi connectivity index (χ1n) is 13.7. The van der Waals surface area contributed by atoms with E-state index < -0.39 is 64.1 Å². The van der Waals surface area contributed by atoms with Gasteiger partial charge in [-0.1, -0.05) is 0 Å². The zero-order valence-electron chi connectivity index (χ0n) is 24.6. The third-order valence-corrected chi connectivity index (χ3v) is 8.53. The summed E-state index contributed by atoms with van der Waals surface area (Å²) in [5, 5.41) is 45.8. The van der Waals surface area contributed by atoms with Gasteiger partial charge >= 0.3 is 6.09 Å². The second-order valence-corrected chi connectivity index (χ2v) is 11.3. The number of anilines is 1. The van der Waals surface area contributed by atoms with Crippen molar-refractivity contribution in [1.29, 1.82) is 0 Å². The van der Waals surface area contributed by atoms with Crippen LogP contribution in [0.2, 0.25) is 0 Å². The Balaban J connectivity index is 1.94. The number of Topliss-reactive ketones (excluding diaryl/α,β-unsaturated/α-hetero) is 2. The lowest BCUT2D eigenvalue weighted by molar-refractivity contribution is -0.153. The number of carbonyl (C=O) groups is 4. The van der Waals surface area contributed by atoms with E-state index in [9.17, 15) is 39.6 Å². The molecule has 0 aromatic heterocycles. The fourth-order valence-electron chi connectivity index (χ4n) is 6.59. The van der Waals surface area contributed by atoms with Crippen molar-refractivity contribution in [1.82, 2.24) is 9.80 Å². The summed E-state index contributed by atoms with van der Waals surface area (Å²) >= 11 is 0. The molecule has 3 aliphatic rings. The number of phenolic OH excluding ortho intramolecular Hbond substituents is 1. The zero-order chi connectivity index (χ0) is 31.4. The fraction of sp³-hybridized carbons (Fsp3) is 0.517. The van der Waals surface area contributed by atoms with Gasteiger partial charge in [0.25, 0.3) is 5.91 Å². The van der Waals surface area contributed by atoms with Crippen molar-refractivity contribution in [3.8, 4) is 5.75 Å². The van der Waals surface area contributed by atoms with Crippen molar-refractivity contribution in [3.05, 3.63) is 39.7 Å². The van der Waals surface area contributed by atoms with Gasteiger partial charge in [0.2, 0.25) is 5.78 Å². The summed E-state index contributed by atoms with van der Waals surface area (Å²) < 4.78 is 5.11. The van der Waals surface area contributed by atoms with Gasteiger partial charge < -0.3 is 40.7 Å². The first-order valence-corrected chi connectivity index (χ1v) is 13.7. The maximum Gasteiger partial charge on any atom is 0.410 e. The second-order valence-electron chi connectivity index (χ2n) is 11.3. The van der Waals surface area contributed by atoms with Gasteiger partial charge in [0, 0.05) is 43.4 Å². The molecule has 1 aromatic carbocycles. The van der Waals surface area contributed by atoms with Gasteiger partial charge in [0.05, 0.1) is 24.8 Å². The van der Waals surface area contributed by atoms with Crippen LogP contribution < -0.4 is 10.6 Å². The number of aliphatic hydroxyl groups excluding tert-OH is 2. The standard InChI is InChI=1S/C29H38N4O9/c1-7-33(28(40)42-8-2)12-14-11-17(31(3)4)15-9-13-10-16-21(32(5)6)24(36)20(27(30)39)26(38)29(16,41)25(37)18(13)23(35)19(15)22(14)34/h11,13,16,21,34-35,38,41H,7-10,12H2,1-6H3,(H2,30,39)/t13-,16-,21-,29-/m0/s1. The molecule has 4 atom stereocenters. The van der Waals surface area contributed by atoms with E-state index in [2.05, 4.69) is 0 Å². The number of nitrogens with zero attached hydrogens (tertiary/aromatic N) is 3. The van der Waals surface area contributed by atoms with Gasteiger partial charge in [0.15, 0.2) is 11.4 Å². The highest BCUT2D eigenvalue weighted by Crippen LogP contribution is 2.54. The molecule has 2 amide bonds. The van der Waals surface area contributed by atoms with Gasteiger partial charge in [-0.15, -0.1) is 0 Å². The van der Waals surface area contributed by atoms with Crippen LogP contribution in [0, 0.1) is 11.8 Å². The maximum atomic E-state index is 14.1. The summed E-state index contributed by atoms with van der Waals surface area (Å²) in [5.74, 6) is -7.12. The summed E-state index contributed by atoms with van der Waals surface area (Å²) in [4.78, 5) is 56.6. The molecule has 4 rings (SSSR count). The Morgan fingerprint density at radius 2 is 1.76 bits per heavy atom. The molecule has 0 aliphatic heterocycles. The van der Waals surface area contributed by atoms with Crippen molar-refractivity contribution >= 4 is 35.0 Å². The number of fused-ring (bicyclic) bond motifs is 3. The van der Waals surface area contributed by atoms with E-state index in [-0.39, 0.29) is 55.0 Å². The number of ketones is 2. The number of likely N-dealkylation sites (N-methyl/N-ethyl adjacent to an activating group) is 1. The smallest absolute Gasteiger partial charge is 0.410 e. The number of aromatic hydroxyl groups is 1. The van der Waals surface area contributed by atoms with E-state index in [1.165, 1.54) is 9.80 Å². The Kier molecular flexibility index (Phi) is 8.04. The predicted molar refractivity (Wildman–Crippen MR) is 152 cm³/mol. The molecule has 0 spiro atoms. The molecule has 0 heterocycles. The van der Waals surface area contributed by atoms with E-state index in [0.29, 0.717) is 11.3 Å². The van der Waals surface area contributed by atoms with Crippen LogP contribution in [0.1, 0.15) is 37.0 Å². The molecule has 13 nitrogen and oxygen atoms in total. The lowest BCUT2D eigenvalue weighted by atomic mass is 9.57. The molecule has 6 N–H and O–H groups in total. The second kappa shape index (κ2) is 11.0. The van der Waals surface area contributed by atoms with Crippen LogP contribution in [0.5, 0.6) is 5.75 Å². The molecule has 1 aromatic rings. The van der Waals surface area contributed by atoms with Crippen LogP contribution in [0.4, 0.5) is 10.5 Å². The molecule has 3 aliphatic carbocycles. The molecule has 228 valence electrons. The minimum absolute atomic E-state index is 0.00633. The monoisotopic (exact) mass is 586 g/mol. The van der Waals surface area contributed by atoms with E-state index in [1.807, 2.05) is 0 Å². The Labute approximate surface area is 243 Å². The van der Waals surface area contributed by atoms with Crippen LogP contribution in [-0.4, -0.2) is 107 Å². The van der Waals surface area contributed by atoms with Gasteiger partial charge in [-0.05, 0) is 58.3 Å². The minimum atomic E-state index is -2.72. The Hall–Kier alpha value is -4.10. The highest BCUT2D eigenvalue weighted by atomic mass is 16.6. The average Bonchev–Trinajstić information content (AvgIpc) is 2.89. The molecule has 13 heteroatoms. The highest BCUT2D eigenvalue weighted by Gasteiger charge is 2.64. The molecular formula is C29H38N4O9. The van der Waals surface area contributed by atoms with Crippen LogP contribution in [-0.2, 0) is 32.1 Å². The van der Waals surface area contributed by atoms with E-state index in [4.69, 9.17) is 10.5 Å². The fourth-order valence-corrected chi connectivity index (χ4v) is 6.59. The van der Waals surface area contributed by atoms with Crippen LogP contribution in [0.3, 0.4) is 0 Å². The van der Waals surface area contributed by atoms with Gasteiger partial charge in [0.1, 0.15) is 22.8 Å². The maximum absolute atomic E-state index is 14.1. The number of aliphatic hydroxyl groups is 3. The quantitative estimate of drug-likeness (QED) is 0.286. The SMILES string of the molecule is CCOC(=O)N(CC)Cc1cc(N(C)C)c2c(c1O)C(O)=C1C(=O)[C@]3(O)C(O)=C(C(N)=O)C(=O)[C@@H](N(C)C)[C@@H]3C[C@@H]1C2. The largest absolute Gasteiger partial charge is 0.508 e. The molecular weight excluding hydrogens is 548 g/mol. The molecule has 0 saturated heterocycles. The number of primary amides is 1. The van der Waals surface area contributed by atoms with Crippen molar-refractivity contribution in [2.24, 2.45) is 17.6 Å². The normalized spacial score (nSPS) is 25.2. The third-order valence-electron chi connectivity index (χ3n) is 8.53. The summed E-state index contributed by atoms with van der Waals surface area (Å²) in [6.45, 7) is 3.80. The van der Waals surface area contributed by atoms with Crippen molar-refractivity contribution in [3.63, 3.8) is 0 Å². The Bertz CT molecular complexity index is 1430. The van der Waals surface area contributed by atoms with E-state index in [1.54, 1.807) is 53.0 Å². The summed E-state index contributed by atoms with van der Waals surface area (Å²) in [7, 11) is 6.65. The number of rotatable bonds is 7. The average molecular weight is 587 g/mol. The van der Waals surface area contributed by atoms with Crippen LogP contribution >= 0.6 is 0 Å². The Morgan fingerprint density at radius 1 is 1.12 bits per heavy atom. The molecule has 0 bridgehead atoms. The van der Waals surface area contributed by atoms with Crippen LogP contribution in [0.15, 0.2) is 23.0 Å². The molecule has 0 unspecified atom stereocenters. The number of ether oxygens (including phenoxy) is 1. The molecule has 1 saturated carbocycles. The number of amides is 2. The molecule has 42 heavy (non-hydrogen) atoms. The number of carbonyl (C=O) groups excluding carboxylic acids is 4. The number of hydrogen-bond acceptors (Lipinski definition) is 11. The Morgan fingerprint density at radius 3 is 2.29 bits per heavy atom. The van der Waals surface area contributed by atoms with Crippen LogP contribution in [0.25, 0.3) is 5.76 Å². The van der Waals surface area contributed by atoms with Crippen molar-refractivity contribution in [2.75, 3.05) is 46.2 Å². The summed E-state index contributed by atoms with van der Waals surface area (Å²) in [6.07, 6.45) is -0.435. The molecule has 0 radical (unpaired) electrons. The zero-order valence-corrected chi connectivity index (χ0v) is 24.6.